The fraction of sp³-hybridized carbons (Fsp3) is 0.895. The number of fused-ring (bicyclic) bond motifs is 1. The molecule has 3 heteroatoms. The topological polar surface area (TPSA) is 43.4 Å². The SMILES string of the molecule is CC(=O)C[C@H]1[C@](C)(OC(C)=O)CCC2C(C)(C)CCC[C@@]21C. The third-order valence-electron chi connectivity index (χ3n) is 6.61. The van der Waals surface area contributed by atoms with Crippen molar-refractivity contribution in [2.75, 3.05) is 0 Å². The van der Waals surface area contributed by atoms with Crippen molar-refractivity contribution in [1.82, 2.24) is 0 Å². The van der Waals surface area contributed by atoms with E-state index in [1.807, 2.05) is 6.92 Å². The number of hydrogen-bond acceptors (Lipinski definition) is 3. The molecule has 126 valence electrons. The molecule has 0 N–H and O–H groups in total. The van der Waals surface area contributed by atoms with Gasteiger partial charge in [0.25, 0.3) is 0 Å². The molecule has 4 atom stereocenters. The van der Waals surface area contributed by atoms with E-state index in [2.05, 4.69) is 20.8 Å². The van der Waals surface area contributed by atoms with Crippen LogP contribution in [0.25, 0.3) is 0 Å². The van der Waals surface area contributed by atoms with E-state index >= 15 is 0 Å². The first kappa shape index (κ1) is 17.5. The van der Waals surface area contributed by atoms with Crippen molar-refractivity contribution in [3.8, 4) is 0 Å². The number of ketones is 1. The Balaban J connectivity index is 2.43. The van der Waals surface area contributed by atoms with Crippen molar-refractivity contribution in [1.29, 1.82) is 0 Å². The van der Waals surface area contributed by atoms with Gasteiger partial charge < -0.3 is 9.53 Å². The molecular weight excluding hydrogens is 276 g/mol. The third kappa shape index (κ3) is 2.96. The molecular formula is C19H32O3. The second-order valence-electron chi connectivity index (χ2n) is 8.80. The van der Waals surface area contributed by atoms with Crippen molar-refractivity contribution in [2.45, 2.75) is 85.7 Å². The Morgan fingerprint density at radius 3 is 2.23 bits per heavy atom. The Bertz CT molecular complexity index is 467. The van der Waals surface area contributed by atoms with Gasteiger partial charge in [-0.25, -0.2) is 0 Å². The van der Waals surface area contributed by atoms with E-state index in [1.165, 1.54) is 19.8 Å². The summed E-state index contributed by atoms with van der Waals surface area (Å²) in [5.74, 6) is 0.697. The minimum Gasteiger partial charge on any atom is -0.459 e. The zero-order valence-electron chi connectivity index (χ0n) is 15.1. The van der Waals surface area contributed by atoms with Crippen molar-refractivity contribution < 1.29 is 14.3 Å². The highest BCUT2D eigenvalue weighted by atomic mass is 16.6. The van der Waals surface area contributed by atoms with Crippen LogP contribution in [0.5, 0.6) is 0 Å². The first-order chi connectivity index (χ1) is 10.0. The molecule has 0 aromatic heterocycles. The quantitative estimate of drug-likeness (QED) is 0.719. The van der Waals surface area contributed by atoms with Crippen LogP contribution in [-0.2, 0) is 14.3 Å². The number of rotatable bonds is 3. The number of carbonyl (C=O) groups is 2. The lowest BCUT2D eigenvalue weighted by atomic mass is 9.45. The van der Waals surface area contributed by atoms with Crippen LogP contribution in [-0.4, -0.2) is 17.4 Å². The maximum absolute atomic E-state index is 11.9. The molecule has 0 aromatic rings. The molecule has 2 saturated carbocycles. The van der Waals surface area contributed by atoms with Gasteiger partial charge >= 0.3 is 5.97 Å². The van der Waals surface area contributed by atoms with Crippen LogP contribution < -0.4 is 0 Å². The molecule has 2 fully saturated rings. The number of carbonyl (C=O) groups excluding carboxylic acids is 2. The van der Waals surface area contributed by atoms with E-state index < -0.39 is 5.60 Å². The molecule has 22 heavy (non-hydrogen) atoms. The first-order valence-corrected chi connectivity index (χ1v) is 8.70. The highest BCUT2D eigenvalue weighted by molar-refractivity contribution is 5.76. The molecule has 0 heterocycles. The molecule has 0 amide bonds. The fourth-order valence-electron chi connectivity index (χ4n) is 5.79. The minimum absolute atomic E-state index is 0.0792. The summed E-state index contributed by atoms with van der Waals surface area (Å²) >= 11 is 0. The first-order valence-electron chi connectivity index (χ1n) is 8.70. The van der Waals surface area contributed by atoms with Crippen LogP contribution in [0.3, 0.4) is 0 Å². The van der Waals surface area contributed by atoms with E-state index in [1.54, 1.807) is 6.92 Å². The lowest BCUT2D eigenvalue weighted by Gasteiger charge is -2.61. The highest BCUT2D eigenvalue weighted by Crippen LogP contribution is 2.63. The highest BCUT2D eigenvalue weighted by Gasteiger charge is 2.59. The van der Waals surface area contributed by atoms with Crippen LogP contribution in [0.1, 0.15) is 80.1 Å². The summed E-state index contributed by atoms with van der Waals surface area (Å²) in [6, 6.07) is 0. The Labute approximate surface area is 135 Å². The summed E-state index contributed by atoms with van der Waals surface area (Å²) < 4.78 is 5.78. The predicted molar refractivity (Wildman–Crippen MR) is 87.4 cm³/mol. The summed E-state index contributed by atoms with van der Waals surface area (Å²) in [4.78, 5) is 23.6. The van der Waals surface area contributed by atoms with Crippen LogP contribution in [0.4, 0.5) is 0 Å². The van der Waals surface area contributed by atoms with E-state index in [0.29, 0.717) is 17.8 Å². The van der Waals surface area contributed by atoms with E-state index in [4.69, 9.17) is 4.74 Å². The average Bonchev–Trinajstić information content (AvgIpc) is 2.31. The molecule has 0 aliphatic heterocycles. The van der Waals surface area contributed by atoms with Gasteiger partial charge in [0, 0.05) is 19.3 Å². The summed E-state index contributed by atoms with van der Waals surface area (Å²) in [5, 5.41) is 0. The van der Waals surface area contributed by atoms with Gasteiger partial charge in [-0.1, -0.05) is 27.2 Å². The molecule has 2 aliphatic carbocycles. The van der Waals surface area contributed by atoms with Crippen LogP contribution in [0.15, 0.2) is 0 Å². The van der Waals surface area contributed by atoms with Crippen LogP contribution >= 0.6 is 0 Å². The monoisotopic (exact) mass is 308 g/mol. The Kier molecular flexibility index (Phi) is 4.49. The number of hydrogen-bond donors (Lipinski definition) is 0. The molecule has 1 unspecified atom stereocenters. The minimum atomic E-state index is -0.504. The van der Waals surface area contributed by atoms with Crippen LogP contribution in [0.2, 0.25) is 0 Å². The van der Waals surface area contributed by atoms with Crippen molar-refractivity contribution >= 4 is 11.8 Å². The summed E-state index contributed by atoms with van der Waals surface area (Å²) in [7, 11) is 0. The van der Waals surface area contributed by atoms with Crippen LogP contribution in [0, 0.1) is 22.7 Å². The van der Waals surface area contributed by atoms with E-state index in [9.17, 15) is 9.59 Å². The Morgan fingerprint density at radius 2 is 1.68 bits per heavy atom. The average molecular weight is 308 g/mol. The molecule has 0 bridgehead atoms. The van der Waals surface area contributed by atoms with E-state index in [-0.39, 0.29) is 23.1 Å². The largest absolute Gasteiger partial charge is 0.459 e. The smallest absolute Gasteiger partial charge is 0.303 e. The summed E-state index contributed by atoms with van der Waals surface area (Å²) in [6.07, 6.45) is 6.06. The van der Waals surface area contributed by atoms with Gasteiger partial charge in [0.05, 0.1) is 0 Å². The van der Waals surface area contributed by atoms with Gasteiger partial charge in [-0.2, -0.15) is 0 Å². The second kappa shape index (κ2) is 5.65. The van der Waals surface area contributed by atoms with E-state index in [0.717, 1.165) is 19.3 Å². The molecule has 0 saturated heterocycles. The maximum Gasteiger partial charge on any atom is 0.303 e. The number of Topliss-reactive ketones (excluding diaryl/α,β-unsaturated/α-hetero) is 1. The lowest BCUT2D eigenvalue weighted by Crippen LogP contribution is -2.59. The van der Waals surface area contributed by atoms with Gasteiger partial charge in [0.15, 0.2) is 0 Å². The standard InChI is InChI=1S/C19H32O3/c1-13(20)12-16-18(5)10-7-9-17(3,4)15(18)8-11-19(16,6)22-14(2)21/h15-16H,7-12H2,1-6H3/t15?,16-,18+,19-/m1/s1. The summed E-state index contributed by atoms with van der Waals surface area (Å²) in [5.41, 5.74) is -0.119. The zero-order valence-corrected chi connectivity index (χ0v) is 15.1. The Hall–Kier alpha value is -0.860. The normalized spacial score (nSPS) is 40.6. The predicted octanol–water partition coefficient (Wildman–Crippen LogP) is 4.53. The maximum atomic E-state index is 11.9. The van der Waals surface area contributed by atoms with Gasteiger partial charge in [-0.3, -0.25) is 4.79 Å². The molecule has 2 rings (SSSR count). The Morgan fingerprint density at radius 1 is 1.05 bits per heavy atom. The van der Waals surface area contributed by atoms with Gasteiger partial charge in [-0.05, 0) is 56.3 Å². The van der Waals surface area contributed by atoms with Gasteiger partial charge in [0.2, 0.25) is 0 Å². The van der Waals surface area contributed by atoms with Gasteiger partial charge in [0.1, 0.15) is 11.4 Å². The fourth-order valence-corrected chi connectivity index (χ4v) is 5.79. The third-order valence-corrected chi connectivity index (χ3v) is 6.61. The number of ether oxygens (including phenoxy) is 1. The second-order valence-corrected chi connectivity index (χ2v) is 8.80. The lowest BCUT2D eigenvalue weighted by molar-refractivity contribution is -0.199. The number of esters is 1. The molecule has 0 spiro atoms. The van der Waals surface area contributed by atoms with Gasteiger partial charge in [-0.15, -0.1) is 0 Å². The van der Waals surface area contributed by atoms with Crippen molar-refractivity contribution in [2.24, 2.45) is 22.7 Å². The van der Waals surface area contributed by atoms with Crippen molar-refractivity contribution in [3.63, 3.8) is 0 Å². The molecule has 0 radical (unpaired) electrons. The van der Waals surface area contributed by atoms with Crippen molar-refractivity contribution in [3.05, 3.63) is 0 Å². The molecule has 0 aromatic carbocycles. The zero-order chi connectivity index (χ0) is 16.8. The molecule has 3 nitrogen and oxygen atoms in total. The summed E-state index contributed by atoms with van der Waals surface area (Å²) in [6.45, 7) is 12.3. The molecule has 2 aliphatic rings.